The number of nitrogens with zero attached hydrogens (tertiary/aromatic N) is 2. The summed E-state index contributed by atoms with van der Waals surface area (Å²) in [7, 11) is 0. The van der Waals surface area contributed by atoms with Crippen molar-refractivity contribution in [2.75, 3.05) is 13.1 Å². The molecule has 1 aromatic heterocycles. The molecular weight excluding hydrogens is 366 g/mol. The molecule has 2 heterocycles. The number of aromatic nitrogens is 2. The molecule has 0 saturated carbocycles. The fraction of sp³-hybridized carbons (Fsp3) is 0.412. The van der Waals surface area contributed by atoms with Gasteiger partial charge in [-0.1, -0.05) is 17.7 Å². The van der Waals surface area contributed by atoms with E-state index in [0.717, 1.165) is 18.7 Å². The van der Waals surface area contributed by atoms with Gasteiger partial charge in [-0.05, 0) is 56.6 Å². The van der Waals surface area contributed by atoms with Crippen molar-refractivity contribution < 1.29 is 9.18 Å². The van der Waals surface area contributed by atoms with Gasteiger partial charge in [0.2, 0.25) is 5.91 Å². The number of hydrogen-bond donors (Lipinski definition) is 2. The first-order valence-corrected chi connectivity index (χ1v) is 8.37. The zero-order valence-corrected chi connectivity index (χ0v) is 15.4. The van der Waals surface area contributed by atoms with Crippen LogP contribution in [-0.4, -0.2) is 28.8 Å². The highest BCUT2D eigenvalue weighted by atomic mass is 35.5. The predicted octanol–water partition coefficient (Wildman–Crippen LogP) is 3.05. The van der Waals surface area contributed by atoms with E-state index in [0.29, 0.717) is 12.8 Å². The van der Waals surface area contributed by atoms with Gasteiger partial charge in [0.1, 0.15) is 11.4 Å². The molecule has 1 atom stereocenters. The van der Waals surface area contributed by atoms with Crippen LogP contribution in [0.25, 0.3) is 0 Å². The topological polar surface area (TPSA) is 59.0 Å². The van der Waals surface area contributed by atoms with Crippen LogP contribution in [0.1, 0.15) is 31.4 Å². The quantitative estimate of drug-likeness (QED) is 0.848. The molecule has 1 fully saturated rings. The number of benzene rings is 1. The number of piperidine rings is 1. The molecule has 2 N–H and O–H groups in total. The highest BCUT2D eigenvalue weighted by Crippen LogP contribution is 2.29. The third-order valence-corrected chi connectivity index (χ3v) is 4.88. The van der Waals surface area contributed by atoms with Crippen molar-refractivity contribution in [1.29, 1.82) is 0 Å². The summed E-state index contributed by atoms with van der Waals surface area (Å²) in [6.07, 6.45) is 4.83. The molecule has 5 nitrogen and oxygen atoms in total. The number of carbonyl (C=O) groups is 1. The fourth-order valence-corrected chi connectivity index (χ4v) is 3.31. The number of halogens is 3. The Morgan fingerprint density at radius 2 is 2.16 bits per heavy atom. The third kappa shape index (κ3) is 3.97. The van der Waals surface area contributed by atoms with Gasteiger partial charge in [-0.15, -0.1) is 12.4 Å². The van der Waals surface area contributed by atoms with Gasteiger partial charge in [0.05, 0.1) is 11.1 Å². The summed E-state index contributed by atoms with van der Waals surface area (Å²) in [5, 5.41) is 10.7. The lowest BCUT2D eigenvalue weighted by atomic mass is 9.87. The molecule has 136 valence electrons. The summed E-state index contributed by atoms with van der Waals surface area (Å²) in [6, 6.07) is 6.03. The first-order chi connectivity index (χ1) is 11.5. The first-order valence-electron chi connectivity index (χ1n) is 8.00. The SMILES string of the molecule is CC(NC(=O)C1(n2cccn2)CCNCC1)c1ccc(F)c(Cl)c1.Cl. The second kappa shape index (κ2) is 8.17. The van der Waals surface area contributed by atoms with Crippen LogP contribution in [0.15, 0.2) is 36.7 Å². The van der Waals surface area contributed by atoms with Crippen LogP contribution >= 0.6 is 24.0 Å². The van der Waals surface area contributed by atoms with Crippen molar-refractivity contribution in [3.05, 3.63) is 53.1 Å². The summed E-state index contributed by atoms with van der Waals surface area (Å²) in [5.74, 6) is -0.550. The normalized spacial score (nSPS) is 17.4. The summed E-state index contributed by atoms with van der Waals surface area (Å²) < 4.78 is 15.1. The average molecular weight is 387 g/mol. The van der Waals surface area contributed by atoms with E-state index < -0.39 is 11.4 Å². The maximum absolute atomic E-state index is 13.3. The van der Waals surface area contributed by atoms with Crippen LogP contribution in [0.5, 0.6) is 0 Å². The minimum absolute atomic E-state index is 0. The van der Waals surface area contributed by atoms with Gasteiger partial charge in [-0.3, -0.25) is 9.48 Å². The zero-order chi connectivity index (χ0) is 17.2. The minimum Gasteiger partial charge on any atom is -0.347 e. The Balaban J connectivity index is 0.00000225. The minimum atomic E-state index is -0.702. The zero-order valence-electron chi connectivity index (χ0n) is 13.8. The van der Waals surface area contributed by atoms with E-state index in [1.165, 1.54) is 6.07 Å². The predicted molar refractivity (Wildman–Crippen MR) is 97.5 cm³/mol. The molecule has 8 heteroatoms. The lowest BCUT2D eigenvalue weighted by molar-refractivity contribution is -0.132. The molecule has 1 unspecified atom stereocenters. The van der Waals surface area contributed by atoms with Crippen molar-refractivity contribution in [2.45, 2.75) is 31.3 Å². The summed E-state index contributed by atoms with van der Waals surface area (Å²) in [5.41, 5.74) is 0.0617. The van der Waals surface area contributed by atoms with Gasteiger partial charge < -0.3 is 10.6 Å². The van der Waals surface area contributed by atoms with Crippen LogP contribution in [0.3, 0.4) is 0 Å². The molecule has 1 aliphatic heterocycles. The summed E-state index contributed by atoms with van der Waals surface area (Å²) >= 11 is 5.84. The van der Waals surface area contributed by atoms with Gasteiger partial charge in [0.15, 0.2) is 0 Å². The largest absolute Gasteiger partial charge is 0.347 e. The highest BCUT2D eigenvalue weighted by Gasteiger charge is 2.42. The smallest absolute Gasteiger partial charge is 0.248 e. The fourth-order valence-electron chi connectivity index (χ4n) is 3.12. The van der Waals surface area contributed by atoms with Crippen molar-refractivity contribution >= 4 is 29.9 Å². The van der Waals surface area contributed by atoms with Crippen molar-refractivity contribution in [3.8, 4) is 0 Å². The lowest BCUT2D eigenvalue weighted by Gasteiger charge is -2.37. The maximum atomic E-state index is 13.3. The summed E-state index contributed by atoms with van der Waals surface area (Å²) in [6.45, 7) is 3.37. The van der Waals surface area contributed by atoms with E-state index in [1.54, 1.807) is 23.0 Å². The Kier molecular flexibility index (Phi) is 6.43. The van der Waals surface area contributed by atoms with E-state index in [4.69, 9.17) is 11.6 Å². The monoisotopic (exact) mass is 386 g/mol. The standard InChI is InChI=1S/C17H20ClFN4O.ClH/c1-12(13-3-4-15(19)14(18)11-13)22-16(24)17(5-8-20-9-6-17)23-10-2-7-21-23;/h2-4,7,10-12,20H,5-6,8-9H2,1H3,(H,22,24);1H. The van der Waals surface area contributed by atoms with Gasteiger partial charge in [-0.25, -0.2) is 4.39 Å². The van der Waals surface area contributed by atoms with E-state index in [1.807, 2.05) is 19.2 Å². The molecule has 25 heavy (non-hydrogen) atoms. The molecule has 0 radical (unpaired) electrons. The number of amides is 1. The van der Waals surface area contributed by atoms with E-state index in [-0.39, 0.29) is 29.4 Å². The first kappa shape index (κ1) is 19.7. The number of nitrogens with one attached hydrogen (secondary N) is 2. The van der Waals surface area contributed by atoms with Gasteiger partial charge >= 0.3 is 0 Å². The Labute approximate surface area is 157 Å². The van der Waals surface area contributed by atoms with Gasteiger partial charge in [0.25, 0.3) is 0 Å². The Morgan fingerprint density at radius 3 is 2.76 bits per heavy atom. The maximum Gasteiger partial charge on any atom is 0.248 e. The molecule has 3 rings (SSSR count). The van der Waals surface area contributed by atoms with Crippen molar-refractivity contribution in [1.82, 2.24) is 20.4 Å². The number of rotatable bonds is 4. The lowest BCUT2D eigenvalue weighted by Crippen LogP contribution is -2.55. The van der Waals surface area contributed by atoms with Crippen LogP contribution < -0.4 is 10.6 Å². The molecule has 0 spiro atoms. The second-order valence-corrected chi connectivity index (χ2v) is 6.51. The third-order valence-electron chi connectivity index (χ3n) is 4.59. The highest BCUT2D eigenvalue weighted by molar-refractivity contribution is 6.30. The molecule has 2 aromatic rings. The molecule has 1 aromatic carbocycles. The Morgan fingerprint density at radius 1 is 1.44 bits per heavy atom. The average Bonchev–Trinajstić information content (AvgIpc) is 3.13. The molecule has 1 amide bonds. The van der Waals surface area contributed by atoms with E-state index in [9.17, 15) is 9.18 Å². The second-order valence-electron chi connectivity index (χ2n) is 6.10. The van der Waals surface area contributed by atoms with Crippen molar-refractivity contribution in [3.63, 3.8) is 0 Å². The van der Waals surface area contributed by atoms with Crippen LogP contribution in [0.4, 0.5) is 4.39 Å². The Hall–Kier alpha value is -1.63. The molecular formula is C17H21Cl2FN4O. The molecule has 1 aliphatic rings. The molecule has 1 saturated heterocycles. The van der Waals surface area contributed by atoms with E-state index in [2.05, 4.69) is 15.7 Å². The number of carbonyl (C=O) groups excluding carboxylic acids is 1. The summed E-state index contributed by atoms with van der Waals surface area (Å²) in [4.78, 5) is 13.0. The van der Waals surface area contributed by atoms with Crippen LogP contribution in [0.2, 0.25) is 5.02 Å². The van der Waals surface area contributed by atoms with Crippen LogP contribution in [-0.2, 0) is 10.3 Å². The molecule has 0 aliphatic carbocycles. The number of hydrogen-bond acceptors (Lipinski definition) is 3. The van der Waals surface area contributed by atoms with Gasteiger partial charge in [-0.2, -0.15) is 5.10 Å². The van der Waals surface area contributed by atoms with Crippen LogP contribution in [0, 0.1) is 5.82 Å². The Bertz CT molecular complexity index is 717. The van der Waals surface area contributed by atoms with Gasteiger partial charge in [0, 0.05) is 12.4 Å². The van der Waals surface area contributed by atoms with Crippen molar-refractivity contribution in [2.24, 2.45) is 0 Å². The van der Waals surface area contributed by atoms with E-state index >= 15 is 0 Å². The molecule has 0 bridgehead atoms.